The third-order valence-electron chi connectivity index (χ3n) is 2.71. The molecule has 3 nitrogen and oxygen atoms in total. The van der Waals surface area contributed by atoms with Gasteiger partial charge in [0.05, 0.1) is 18.2 Å². The number of esters is 1. The van der Waals surface area contributed by atoms with Crippen LogP contribution in [-0.4, -0.2) is 26.7 Å². The van der Waals surface area contributed by atoms with Crippen molar-refractivity contribution < 1.29 is 22.7 Å². The fourth-order valence-corrected chi connectivity index (χ4v) is 1.76. The molecule has 19 heavy (non-hydrogen) atoms. The Hall–Kier alpha value is -1.72. The van der Waals surface area contributed by atoms with E-state index in [0.717, 1.165) is 25.7 Å². The van der Waals surface area contributed by atoms with E-state index < -0.39 is 23.3 Å². The predicted molar refractivity (Wildman–Crippen MR) is 66.3 cm³/mol. The number of rotatable bonds is 4. The summed E-state index contributed by atoms with van der Waals surface area (Å²) in [6, 6.07) is 3.61. The van der Waals surface area contributed by atoms with Crippen molar-refractivity contribution in [3.05, 3.63) is 29.3 Å². The highest BCUT2D eigenvalue weighted by Crippen LogP contribution is 2.34. The number of alkyl halides is 3. The molecular formula is C13H16F3NO2. The summed E-state index contributed by atoms with van der Waals surface area (Å²) in [5.74, 6) is -0.989. The first-order valence-electron chi connectivity index (χ1n) is 5.82. The van der Waals surface area contributed by atoms with Crippen LogP contribution in [0.15, 0.2) is 18.2 Å². The summed E-state index contributed by atoms with van der Waals surface area (Å²) < 4.78 is 43.2. The quantitative estimate of drug-likeness (QED) is 0.789. The largest absolute Gasteiger partial charge is 0.465 e. The van der Waals surface area contributed by atoms with Crippen molar-refractivity contribution in [3.63, 3.8) is 0 Å². The molecule has 106 valence electrons. The van der Waals surface area contributed by atoms with Crippen molar-refractivity contribution in [3.8, 4) is 0 Å². The second kappa shape index (κ2) is 5.95. The van der Waals surface area contributed by atoms with Gasteiger partial charge in [-0.3, -0.25) is 0 Å². The number of benzene rings is 1. The van der Waals surface area contributed by atoms with Gasteiger partial charge in [0.1, 0.15) is 0 Å². The second-order valence-electron chi connectivity index (χ2n) is 4.14. The summed E-state index contributed by atoms with van der Waals surface area (Å²) in [5, 5.41) is 0. The van der Waals surface area contributed by atoms with Crippen LogP contribution in [0, 0.1) is 0 Å². The Balaban J connectivity index is 3.27. The molecule has 0 aliphatic carbocycles. The van der Waals surface area contributed by atoms with Crippen molar-refractivity contribution in [2.45, 2.75) is 19.5 Å². The number of hydrogen-bond donors (Lipinski definition) is 0. The minimum absolute atomic E-state index is 0.418. The summed E-state index contributed by atoms with van der Waals surface area (Å²) in [4.78, 5) is 13.1. The highest BCUT2D eigenvalue weighted by molar-refractivity contribution is 5.91. The Morgan fingerprint density at radius 1 is 1.37 bits per heavy atom. The topological polar surface area (TPSA) is 29.5 Å². The highest BCUT2D eigenvalue weighted by atomic mass is 19.4. The van der Waals surface area contributed by atoms with Gasteiger partial charge in [0.2, 0.25) is 0 Å². The first-order chi connectivity index (χ1) is 8.81. The molecule has 0 unspecified atom stereocenters. The van der Waals surface area contributed by atoms with Crippen LogP contribution in [0.5, 0.6) is 0 Å². The molecule has 0 heterocycles. The first-order valence-corrected chi connectivity index (χ1v) is 5.82. The van der Waals surface area contributed by atoms with Gasteiger partial charge in [-0.25, -0.2) is 4.79 Å². The Bertz CT molecular complexity index is 458. The molecule has 0 radical (unpaired) electrons. The van der Waals surface area contributed by atoms with Crippen molar-refractivity contribution in [1.82, 2.24) is 0 Å². The number of anilines is 1. The van der Waals surface area contributed by atoms with Crippen LogP contribution in [0.4, 0.5) is 18.9 Å². The predicted octanol–water partition coefficient (Wildman–Crippen LogP) is 3.34. The van der Waals surface area contributed by atoms with Crippen LogP contribution in [0.3, 0.4) is 0 Å². The van der Waals surface area contributed by atoms with Gasteiger partial charge in [-0.15, -0.1) is 0 Å². The standard InChI is InChI=1S/C13H16F3NO2/c1-4-7-17(2)9-5-6-10(12(18)19-3)11(8-9)13(14,15)16/h5-6,8H,4,7H2,1-3H3. The van der Waals surface area contributed by atoms with Crippen LogP contribution in [-0.2, 0) is 10.9 Å². The van der Waals surface area contributed by atoms with Gasteiger partial charge in [0, 0.05) is 19.3 Å². The van der Waals surface area contributed by atoms with E-state index in [1.165, 1.54) is 6.07 Å². The average molecular weight is 275 g/mol. The normalized spacial score (nSPS) is 11.3. The van der Waals surface area contributed by atoms with Gasteiger partial charge in [0.25, 0.3) is 0 Å². The van der Waals surface area contributed by atoms with E-state index in [-0.39, 0.29) is 0 Å². The Labute approximate surface area is 110 Å². The maximum atomic E-state index is 12.9. The van der Waals surface area contributed by atoms with Crippen molar-refractivity contribution in [2.75, 3.05) is 25.6 Å². The lowest BCUT2D eigenvalue weighted by atomic mass is 10.1. The molecule has 1 aromatic rings. The minimum atomic E-state index is -4.59. The molecule has 0 atom stereocenters. The van der Waals surface area contributed by atoms with Crippen LogP contribution < -0.4 is 4.90 Å². The van der Waals surface area contributed by atoms with E-state index in [1.807, 2.05) is 6.92 Å². The summed E-state index contributed by atoms with van der Waals surface area (Å²) in [6.45, 7) is 2.57. The summed E-state index contributed by atoms with van der Waals surface area (Å²) in [6.07, 6.45) is -3.77. The summed E-state index contributed by atoms with van der Waals surface area (Å²) >= 11 is 0. The smallest absolute Gasteiger partial charge is 0.417 e. The number of nitrogens with zero attached hydrogens (tertiary/aromatic N) is 1. The SMILES string of the molecule is CCCN(C)c1ccc(C(=O)OC)c(C(F)(F)F)c1. The van der Waals surface area contributed by atoms with E-state index in [0.29, 0.717) is 12.2 Å². The zero-order valence-electron chi connectivity index (χ0n) is 11.0. The molecule has 0 saturated carbocycles. The van der Waals surface area contributed by atoms with Gasteiger partial charge in [0.15, 0.2) is 0 Å². The van der Waals surface area contributed by atoms with Gasteiger partial charge in [-0.1, -0.05) is 6.92 Å². The summed E-state index contributed by atoms with van der Waals surface area (Å²) in [5.41, 5.74) is -1.02. The molecule has 0 N–H and O–H groups in total. The molecule has 0 spiro atoms. The molecule has 0 aliphatic rings. The fourth-order valence-electron chi connectivity index (χ4n) is 1.76. The molecule has 1 aromatic carbocycles. The number of carbonyl (C=O) groups excluding carboxylic acids is 1. The molecule has 0 aromatic heterocycles. The van der Waals surface area contributed by atoms with Crippen LogP contribution >= 0.6 is 0 Å². The average Bonchev–Trinajstić information content (AvgIpc) is 2.36. The van der Waals surface area contributed by atoms with Gasteiger partial charge in [-0.2, -0.15) is 13.2 Å². The number of methoxy groups -OCH3 is 1. The van der Waals surface area contributed by atoms with Crippen LogP contribution in [0.1, 0.15) is 29.3 Å². The van der Waals surface area contributed by atoms with Crippen molar-refractivity contribution >= 4 is 11.7 Å². The lowest BCUT2D eigenvalue weighted by Gasteiger charge is -2.21. The second-order valence-corrected chi connectivity index (χ2v) is 4.14. The lowest BCUT2D eigenvalue weighted by molar-refractivity contribution is -0.138. The molecule has 1 rings (SSSR count). The maximum Gasteiger partial charge on any atom is 0.417 e. The zero-order valence-corrected chi connectivity index (χ0v) is 11.0. The zero-order chi connectivity index (χ0) is 14.6. The van der Waals surface area contributed by atoms with E-state index in [2.05, 4.69) is 4.74 Å². The van der Waals surface area contributed by atoms with Crippen molar-refractivity contribution in [1.29, 1.82) is 0 Å². The van der Waals surface area contributed by atoms with Crippen molar-refractivity contribution in [2.24, 2.45) is 0 Å². The highest BCUT2D eigenvalue weighted by Gasteiger charge is 2.36. The van der Waals surface area contributed by atoms with E-state index >= 15 is 0 Å². The summed E-state index contributed by atoms with van der Waals surface area (Å²) in [7, 11) is 2.76. The molecular weight excluding hydrogens is 259 g/mol. The fraction of sp³-hybridized carbons (Fsp3) is 0.462. The Kier molecular flexibility index (Phi) is 4.80. The van der Waals surface area contributed by atoms with E-state index in [4.69, 9.17) is 0 Å². The van der Waals surface area contributed by atoms with Gasteiger partial charge >= 0.3 is 12.1 Å². The Morgan fingerprint density at radius 3 is 2.47 bits per heavy atom. The molecule has 0 fully saturated rings. The monoisotopic (exact) mass is 275 g/mol. The third-order valence-corrected chi connectivity index (χ3v) is 2.71. The Morgan fingerprint density at radius 2 is 2.00 bits per heavy atom. The third kappa shape index (κ3) is 3.62. The van der Waals surface area contributed by atoms with E-state index in [1.54, 1.807) is 11.9 Å². The molecule has 6 heteroatoms. The number of carbonyl (C=O) groups is 1. The minimum Gasteiger partial charge on any atom is -0.465 e. The number of hydrogen-bond acceptors (Lipinski definition) is 3. The maximum absolute atomic E-state index is 12.9. The molecule has 0 bridgehead atoms. The van der Waals surface area contributed by atoms with Gasteiger partial charge < -0.3 is 9.64 Å². The van der Waals surface area contributed by atoms with Crippen LogP contribution in [0.2, 0.25) is 0 Å². The number of ether oxygens (including phenoxy) is 1. The molecule has 0 amide bonds. The van der Waals surface area contributed by atoms with E-state index in [9.17, 15) is 18.0 Å². The number of halogens is 3. The van der Waals surface area contributed by atoms with Gasteiger partial charge in [-0.05, 0) is 24.6 Å². The van der Waals surface area contributed by atoms with Crippen LogP contribution in [0.25, 0.3) is 0 Å². The molecule has 0 aliphatic heterocycles. The molecule has 0 saturated heterocycles. The first kappa shape index (κ1) is 15.3. The lowest BCUT2D eigenvalue weighted by Crippen LogP contribution is -2.20.